The highest BCUT2D eigenvalue weighted by Crippen LogP contribution is 2.30. The first-order chi connectivity index (χ1) is 8.97. The van der Waals surface area contributed by atoms with Gasteiger partial charge in [0.15, 0.2) is 0 Å². The zero-order chi connectivity index (χ0) is 14.0. The zero-order valence-electron chi connectivity index (χ0n) is 10.6. The molecule has 0 aliphatic rings. The SMILES string of the molecule is Cc1ccc(OS(=O)c2cc(O)c(C)cc2O)cc1. The molecule has 0 aliphatic carbocycles. The monoisotopic (exact) mass is 278 g/mol. The van der Waals surface area contributed by atoms with Crippen molar-refractivity contribution >= 4 is 11.1 Å². The number of rotatable bonds is 3. The Labute approximate surface area is 114 Å². The van der Waals surface area contributed by atoms with Crippen molar-refractivity contribution in [1.82, 2.24) is 0 Å². The molecule has 0 radical (unpaired) electrons. The fourth-order valence-electron chi connectivity index (χ4n) is 1.52. The first-order valence-electron chi connectivity index (χ1n) is 5.66. The van der Waals surface area contributed by atoms with Crippen LogP contribution in [0.4, 0.5) is 0 Å². The Bertz CT molecular complexity index is 620. The summed E-state index contributed by atoms with van der Waals surface area (Å²) in [5.41, 5.74) is 1.57. The highest BCUT2D eigenvalue weighted by molar-refractivity contribution is 7.80. The van der Waals surface area contributed by atoms with Gasteiger partial charge in [0.05, 0.1) is 0 Å². The molecule has 0 aliphatic heterocycles. The number of hydrogen-bond donors (Lipinski definition) is 2. The minimum absolute atomic E-state index is 0.0337. The predicted molar refractivity (Wildman–Crippen MR) is 72.7 cm³/mol. The Morgan fingerprint density at radius 2 is 1.63 bits per heavy atom. The average molecular weight is 278 g/mol. The highest BCUT2D eigenvalue weighted by atomic mass is 32.2. The van der Waals surface area contributed by atoms with E-state index >= 15 is 0 Å². The van der Waals surface area contributed by atoms with Gasteiger partial charge in [-0.3, -0.25) is 0 Å². The molecule has 0 heterocycles. The van der Waals surface area contributed by atoms with Crippen LogP contribution in [-0.4, -0.2) is 14.4 Å². The number of aromatic hydroxyl groups is 2. The molecule has 0 saturated heterocycles. The van der Waals surface area contributed by atoms with E-state index in [0.717, 1.165) is 5.56 Å². The van der Waals surface area contributed by atoms with Gasteiger partial charge < -0.3 is 14.4 Å². The van der Waals surface area contributed by atoms with E-state index in [1.54, 1.807) is 19.1 Å². The predicted octanol–water partition coefficient (Wildman–Crippen LogP) is 2.82. The quantitative estimate of drug-likeness (QED) is 0.847. The van der Waals surface area contributed by atoms with Crippen molar-refractivity contribution in [2.75, 3.05) is 0 Å². The van der Waals surface area contributed by atoms with Crippen molar-refractivity contribution < 1.29 is 18.6 Å². The third kappa shape index (κ3) is 3.06. The molecule has 1 unspecified atom stereocenters. The van der Waals surface area contributed by atoms with Crippen LogP contribution in [0.2, 0.25) is 0 Å². The van der Waals surface area contributed by atoms with E-state index in [-0.39, 0.29) is 16.4 Å². The third-order valence-electron chi connectivity index (χ3n) is 2.65. The first kappa shape index (κ1) is 13.4. The van der Waals surface area contributed by atoms with Crippen LogP contribution >= 0.6 is 0 Å². The fourth-order valence-corrected chi connectivity index (χ4v) is 2.33. The normalized spacial score (nSPS) is 12.1. The second-order valence-electron chi connectivity index (χ2n) is 4.24. The van der Waals surface area contributed by atoms with Gasteiger partial charge in [0.2, 0.25) is 11.1 Å². The molecule has 2 rings (SSSR count). The lowest BCUT2D eigenvalue weighted by atomic mass is 10.2. The van der Waals surface area contributed by atoms with Crippen molar-refractivity contribution in [2.24, 2.45) is 0 Å². The maximum atomic E-state index is 12.0. The van der Waals surface area contributed by atoms with Gasteiger partial charge in [0.25, 0.3) is 0 Å². The van der Waals surface area contributed by atoms with Crippen LogP contribution in [0.15, 0.2) is 41.3 Å². The van der Waals surface area contributed by atoms with Gasteiger partial charge in [-0.1, -0.05) is 17.7 Å². The topological polar surface area (TPSA) is 66.8 Å². The summed E-state index contributed by atoms with van der Waals surface area (Å²) in [6.07, 6.45) is 0. The van der Waals surface area contributed by atoms with Gasteiger partial charge in [0.1, 0.15) is 22.1 Å². The number of aryl methyl sites for hydroxylation is 2. The molecule has 2 aromatic carbocycles. The van der Waals surface area contributed by atoms with Crippen molar-refractivity contribution in [2.45, 2.75) is 18.7 Å². The number of phenolic OH excluding ortho intramolecular Hbond substituents is 2. The summed E-state index contributed by atoms with van der Waals surface area (Å²) >= 11 is -1.88. The van der Waals surface area contributed by atoms with E-state index in [9.17, 15) is 14.4 Å². The van der Waals surface area contributed by atoms with Gasteiger partial charge in [-0.15, -0.1) is 0 Å². The molecule has 4 nitrogen and oxygen atoms in total. The van der Waals surface area contributed by atoms with Crippen LogP contribution in [0.3, 0.4) is 0 Å². The second kappa shape index (κ2) is 5.32. The van der Waals surface area contributed by atoms with E-state index in [1.807, 2.05) is 19.1 Å². The van der Waals surface area contributed by atoms with Crippen LogP contribution in [-0.2, 0) is 11.1 Å². The summed E-state index contributed by atoms with van der Waals surface area (Å²) in [6, 6.07) is 9.64. The van der Waals surface area contributed by atoms with Crippen LogP contribution < -0.4 is 4.18 Å². The van der Waals surface area contributed by atoms with E-state index in [4.69, 9.17) is 4.18 Å². The minimum Gasteiger partial charge on any atom is -0.508 e. The van der Waals surface area contributed by atoms with Crippen LogP contribution in [0.25, 0.3) is 0 Å². The average Bonchev–Trinajstić information content (AvgIpc) is 2.36. The van der Waals surface area contributed by atoms with Gasteiger partial charge in [-0.05, 0) is 37.6 Å². The Morgan fingerprint density at radius 1 is 1.00 bits per heavy atom. The Balaban J connectivity index is 2.25. The van der Waals surface area contributed by atoms with Gasteiger partial charge in [-0.2, -0.15) is 0 Å². The van der Waals surface area contributed by atoms with Crippen LogP contribution in [0.5, 0.6) is 17.2 Å². The van der Waals surface area contributed by atoms with Gasteiger partial charge >= 0.3 is 0 Å². The molecule has 19 heavy (non-hydrogen) atoms. The lowest BCUT2D eigenvalue weighted by Gasteiger charge is -2.08. The maximum absolute atomic E-state index is 12.0. The molecule has 0 aromatic heterocycles. The lowest BCUT2D eigenvalue weighted by Crippen LogP contribution is -2.01. The molecule has 2 N–H and O–H groups in total. The Hall–Kier alpha value is -2.01. The van der Waals surface area contributed by atoms with Crippen LogP contribution in [0.1, 0.15) is 11.1 Å². The third-order valence-corrected chi connectivity index (χ3v) is 3.68. The summed E-state index contributed by atoms with van der Waals surface area (Å²) in [5, 5.41) is 19.3. The Kier molecular flexibility index (Phi) is 3.76. The second-order valence-corrected chi connectivity index (χ2v) is 5.31. The first-order valence-corrected chi connectivity index (χ1v) is 6.74. The minimum atomic E-state index is -1.88. The molecule has 0 spiro atoms. The lowest BCUT2D eigenvalue weighted by molar-refractivity contribution is 0.441. The molecule has 0 bridgehead atoms. The molecule has 1 atom stereocenters. The molecule has 2 aromatic rings. The van der Waals surface area contributed by atoms with E-state index in [0.29, 0.717) is 11.3 Å². The van der Waals surface area contributed by atoms with Crippen molar-refractivity contribution in [3.63, 3.8) is 0 Å². The largest absolute Gasteiger partial charge is 0.508 e. The summed E-state index contributed by atoms with van der Waals surface area (Å²) in [7, 11) is 0. The molecular formula is C14H14O4S. The smallest absolute Gasteiger partial charge is 0.244 e. The van der Waals surface area contributed by atoms with E-state index < -0.39 is 11.1 Å². The summed E-state index contributed by atoms with van der Waals surface area (Å²) in [4.78, 5) is 0.0451. The fraction of sp³-hybridized carbons (Fsp3) is 0.143. The molecule has 0 saturated carbocycles. The summed E-state index contributed by atoms with van der Waals surface area (Å²) in [6.45, 7) is 3.58. The van der Waals surface area contributed by atoms with Crippen molar-refractivity contribution in [3.8, 4) is 17.2 Å². The van der Waals surface area contributed by atoms with E-state index in [2.05, 4.69) is 0 Å². The molecule has 0 fully saturated rings. The summed E-state index contributed by atoms with van der Waals surface area (Å²) < 4.78 is 17.2. The van der Waals surface area contributed by atoms with Crippen LogP contribution in [0, 0.1) is 13.8 Å². The van der Waals surface area contributed by atoms with Gasteiger partial charge in [-0.25, -0.2) is 4.21 Å². The number of hydrogen-bond acceptors (Lipinski definition) is 4. The molecule has 0 amide bonds. The highest BCUT2D eigenvalue weighted by Gasteiger charge is 2.14. The van der Waals surface area contributed by atoms with Crippen molar-refractivity contribution in [3.05, 3.63) is 47.5 Å². The van der Waals surface area contributed by atoms with Gasteiger partial charge in [0, 0.05) is 6.07 Å². The molecule has 5 heteroatoms. The number of phenols is 2. The summed E-state index contributed by atoms with van der Waals surface area (Å²) in [5.74, 6) is 0.234. The molecular weight excluding hydrogens is 264 g/mol. The maximum Gasteiger partial charge on any atom is 0.244 e. The molecule has 100 valence electrons. The number of benzene rings is 2. The standard InChI is InChI=1S/C14H14O4S/c1-9-3-5-11(6-4-9)18-19(17)14-8-12(15)10(2)7-13(14)16/h3-8,15-16H,1-2H3. The van der Waals surface area contributed by atoms with Crippen molar-refractivity contribution in [1.29, 1.82) is 0 Å². The zero-order valence-corrected chi connectivity index (χ0v) is 11.4. The van der Waals surface area contributed by atoms with E-state index in [1.165, 1.54) is 12.1 Å². The Morgan fingerprint density at radius 3 is 2.26 bits per heavy atom.